The Kier molecular flexibility index (Phi) is 3.93. The number of aliphatic hydroxyl groups is 2. The van der Waals surface area contributed by atoms with E-state index >= 15 is 0 Å². The van der Waals surface area contributed by atoms with Crippen molar-refractivity contribution < 1.29 is 23.2 Å². The lowest BCUT2D eigenvalue weighted by molar-refractivity contribution is 0.00183. The maximum Gasteiger partial charge on any atom is 0.294 e. The van der Waals surface area contributed by atoms with Crippen LogP contribution in [0.1, 0.15) is 18.1 Å². The molecule has 96 valence electrons. The van der Waals surface area contributed by atoms with Gasteiger partial charge in [0.1, 0.15) is 0 Å². The number of hydrogen-bond acceptors (Lipinski definition) is 4. The molecule has 0 unspecified atom stereocenters. The van der Waals surface area contributed by atoms with Crippen LogP contribution < -0.4 is 0 Å². The second kappa shape index (κ2) is 4.73. The van der Waals surface area contributed by atoms with Crippen LogP contribution in [0.15, 0.2) is 23.1 Å². The maximum atomic E-state index is 11.2. The van der Waals surface area contributed by atoms with Gasteiger partial charge in [-0.05, 0) is 25.5 Å². The van der Waals surface area contributed by atoms with Crippen molar-refractivity contribution in [2.24, 2.45) is 0 Å². The zero-order valence-electron chi connectivity index (χ0n) is 9.71. The third-order valence-electron chi connectivity index (χ3n) is 2.41. The Balaban J connectivity index is 3.27. The first-order valence-electron chi connectivity index (χ1n) is 5.06. The highest BCUT2D eigenvalue weighted by Crippen LogP contribution is 2.22. The van der Waals surface area contributed by atoms with Gasteiger partial charge in [0.15, 0.2) is 0 Å². The highest BCUT2D eigenvalue weighted by molar-refractivity contribution is 7.85. The van der Waals surface area contributed by atoms with Gasteiger partial charge in [-0.3, -0.25) is 4.55 Å². The largest absolute Gasteiger partial charge is 0.393 e. The van der Waals surface area contributed by atoms with E-state index in [4.69, 9.17) is 9.66 Å². The van der Waals surface area contributed by atoms with Crippen LogP contribution in [-0.2, 0) is 16.5 Å². The minimum atomic E-state index is -4.32. The Morgan fingerprint density at radius 1 is 1.35 bits per heavy atom. The van der Waals surface area contributed by atoms with Crippen LogP contribution in [0.5, 0.6) is 0 Å². The second-order valence-electron chi connectivity index (χ2n) is 4.42. The van der Waals surface area contributed by atoms with Gasteiger partial charge < -0.3 is 10.2 Å². The molecule has 0 radical (unpaired) electrons. The maximum absolute atomic E-state index is 11.2. The summed E-state index contributed by atoms with van der Waals surface area (Å²) in [5.74, 6) is 0. The molecule has 0 aliphatic carbocycles. The number of hydrogen-bond donors (Lipinski definition) is 3. The summed E-state index contributed by atoms with van der Waals surface area (Å²) in [5, 5.41) is 18.7. The van der Waals surface area contributed by atoms with Gasteiger partial charge in [0.25, 0.3) is 10.1 Å². The zero-order chi connectivity index (χ0) is 13.3. The first-order chi connectivity index (χ1) is 7.65. The number of rotatable bonds is 4. The smallest absolute Gasteiger partial charge is 0.294 e. The Hall–Kier alpha value is -0.950. The highest BCUT2D eigenvalue weighted by Gasteiger charge is 2.24. The van der Waals surface area contributed by atoms with Crippen LogP contribution in [0.4, 0.5) is 0 Å². The zero-order valence-corrected chi connectivity index (χ0v) is 10.5. The van der Waals surface area contributed by atoms with E-state index in [1.165, 1.54) is 13.0 Å². The van der Waals surface area contributed by atoms with Crippen molar-refractivity contribution in [3.63, 3.8) is 0 Å². The average molecular weight is 260 g/mol. The molecule has 0 saturated carbocycles. The van der Waals surface area contributed by atoms with Gasteiger partial charge in [0, 0.05) is 6.42 Å². The number of aryl methyl sites for hydroxylation is 1. The Morgan fingerprint density at radius 2 is 1.94 bits per heavy atom. The molecule has 1 aromatic carbocycles. The topological polar surface area (TPSA) is 94.8 Å². The van der Waals surface area contributed by atoms with E-state index in [-0.39, 0.29) is 16.9 Å². The van der Waals surface area contributed by atoms with Crippen LogP contribution >= 0.6 is 0 Å². The van der Waals surface area contributed by atoms with E-state index < -0.39 is 22.3 Å². The molecular formula is C11H16O5S. The van der Waals surface area contributed by atoms with Crippen molar-refractivity contribution in [3.8, 4) is 0 Å². The molecule has 0 amide bonds. The van der Waals surface area contributed by atoms with E-state index in [1.54, 1.807) is 19.1 Å². The molecule has 1 rings (SSSR count). The van der Waals surface area contributed by atoms with Crippen molar-refractivity contribution in [1.82, 2.24) is 0 Å². The molecule has 1 atom stereocenters. The summed E-state index contributed by atoms with van der Waals surface area (Å²) in [5.41, 5.74) is -0.333. The number of aliphatic hydroxyl groups excluding tert-OH is 1. The standard InChI is InChI=1S/C11H16O5S/c1-8-3-4-10(17(14,15)16)9(5-8)6-11(2,13)7-12/h3-5,12-13H,6-7H2,1-2H3,(H,14,15,16)/t11-/m1/s1. The van der Waals surface area contributed by atoms with Gasteiger partial charge in [0.2, 0.25) is 0 Å². The quantitative estimate of drug-likeness (QED) is 0.686. The normalized spacial score (nSPS) is 15.6. The van der Waals surface area contributed by atoms with Crippen LogP contribution in [0.3, 0.4) is 0 Å². The van der Waals surface area contributed by atoms with Gasteiger partial charge in [-0.2, -0.15) is 8.42 Å². The molecule has 0 bridgehead atoms. The number of benzene rings is 1. The first kappa shape index (κ1) is 14.1. The fourth-order valence-electron chi connectivity index (χ4n) is 1.56. The predicted octanol–water partition coefficient (Wildman–Crippen LogP) is 0.528. The van der Waals surface area contributed by atoms with E-state index in [2.05, 4.69) is 0 Å². The molecule has 0 aliphatic rings. The summed E-state index contributed by atoms with van der Waals surface area (Å²) in [6.45, 7) is 2.67. The lowest BCUT2D eigenvalue weighted by Crippen LogP contribution is -2.32. The summed E-state index contributed by atoms with van der Waals surface area (Å²) in [6, 6.07) is 4.40. The summed E-state index contributed by atoms with van der Waals surface area (Å²) < 4.78 is 31.4. The van der Waals surface area contributed by atoms with Gasteiger partial charge in [0.05, 0.1) is 17.1 Å². The monoisotopic (exact) mass is 260 g/mol. The fraction of sp³-hybridized carbons (Fsp3) is 0.455. The summed E-state index contributed by atoms with van der Waals surface area (Å²) in [4.78, 5) is -0.239. The Bertz CT molecular complexity index is 505. The summed E-state index contributed by atoms with van der Waals surface area (Å²) in [6.07, 6.45) is -0.0553. The molecule has 17 heavy (non-hydrogen) atoms. The molecular weight excluding hydrogens is 244 g/mol. The second-order valence-corrected chi connectivity index (χ2v) is 5.81. The van der Waals surface area contributed by atoms with E-state index in [0.29, 0.717) is 0 Å². The fourth-order valence-corrected chi connectivity index (χ4v) is 2.27. The molecule has 0 fully saturated rings. The van der Waals surface area contributed by atoms with Crippen LogP contribution in [-0.4, -0.2) is 35.4 Å². The molecule has 0 aromatic heterocycles. The molecule has 0 heterocycles. The Morgan fingerprint density at radius 3 is 2.41 bits per heavy atom. The molecule has 0 spiro atoms. The highest BCUT2D eigenvalue weighted by atomic mass is 32.2. The SMILES string of the molecule is Cc1ccc(S(=O)(=O)O)c(C[C@@](C)(O)CO)c1. The third-order valence-corrected chi connectivity index (χ3v) is 3.36. The minimum Gasteiger partial charge on any atom is -0.393 e. The first-order valence-corrected chi connectivity index (χ1v) is 6.50. The predicted molar refractivity (Wildman–Crippen MR) is 62.4 cm³/mol. The lowest BCUT2D eigenvalue weighted by atomic mass is 9.96. The van der Waals surface area contributed by atoms with Crippen LogP contribution in [0, 0.1) is 6.92 Å². The molecule has 1 aromatic rings. The van der Waals surface area contributed by atoms with Crippen LogP contribution in [0.25, 0.3) is 0 Å². The molecule has 6 heteroatoms. The lowest BCUT2D eigenvalue weighted by Gasteiger charge is -2.21. The molecule has 0 saturated heterocycles. The summed E-state index contributed by atoms with van der Waals surface area (Å²) in [7, 11) is -4.32. The van der Waals surface area contributed by atoms with Crippen molar-refractivity contribution in [2.45, 2.75) is 30.8 Å². The van der Waals surface area contributed by atoms with Gasteiger partial charge in [-0.15, -0.1) is 0 Å². The van der Waals surface area contributed by atoms with Crippen LogP contribution in [0.2, 0.25) is 0 Å². The van der Waals surface area contributed by atoms with Crippen molar-refractivity contribution in [2.75, 3.05) is 6.61 Å². The van der Waals surface area contributed by atoms with Gasteiger partial charge in [-0.25, -0.2) is 0 Å². The van der Waals surface area contributed by atoms with E-state index in [1.807, 2.05) is 0 Å². The average Bonchev–Trinajstić information content (AvgIpc) is 2.15. The minimum absolute atomic E-state index is 0.0553. The van der Waals surface area contributed by atoms with Gasteiger partial charge in [-0.1, -0.05) is 17.7 Å². The Labute approximate surface area is 100 Å². The van der Waals surface area contributed by atoms with Gasteiger partial charge >= 0.3 is 0 Å². The van der Waals surface area contributed by atoms with E-state index in [0.717, 1.165) is 5.56 Å². The third kappa shape index (κ3) is 3.78. The molecule has 3 N–H and O–H groups in total. The van der Waals surface area contributed by atoms with E-state index in [9.17, 15) is 13.5 Å². The summed E-state index contributed by atoms with van der Waals surface area (Å²) >= 11 is 0. The molecule has 0 aliphatic heterocycles. The van der Waals surface area contributed by atoms with Crippen molar-refractivity contribution in [1.29, 1.82) is 0 Å². The van der Waals surface area contributed by atoms with Crippen molar-refractivity contribution in [3.05, 3.63) is 29.3 Å². The molecule has 5 nitrogen and oxygen atoms in total. The van der Waals surface area contributed by atoms with Crippen molar-refractivity contribution >= 4 is 10.1 Å².